The van der Waals surface area contributed by atoms with Crippen LogP contribution in [0.3, 0.4) is 0 Å². The molecule has 0 spiro atoms. The fraction of sp³-hybridized carbons (Fsp3) is 0.643. The zero-order valence-electron chi connectivity index (χ0n) is 12.9. The highest BCUT2D eigenvalue weighted by molar-refractivity contribution is 7.97. The molecule has 1 amide bonds. The summed E-state index contributed by atoms with van der Waals surface area (Å²) in [6, 6.07) is 1.24. The van der Waals surface area contributed by atoms with Crippen LogP contribution in [0.4, 0.5) is 0 Å². The summed E-state index contributed by atoms with van der Waals surface area (Å²) in [7, 11) is 0. The van der Waals surface area contributed by atoms with Gasteiger partial charge in [0, 0.05) is 12.6 Å². The summed E-state index contributed by atoms with van der Waals surface area (Å²) >= 11 is 1.54. The second kappa shape index (κ2) is 9.57. The number of hydrogen-bond donors (Lipinski definition) is 2. The van der Waals surface area contributed by atoms with E-state index in [0.717, 1.165) is 26.1 Å². The average molecular weight is 312 g/mol. The highest BCUT2D eigenvalue weighted by Crippen LogP contribution is 2.02. The number of amides is 1. The number of aromatic nitrogens is 2. The van der Waals surface area contributed by atoms with E-state index in [0.29, 0.717) is 18.1 Å². The Bertz CT molecular complexity index is 500. The molecule has 0 fully saturated rings. The Balaban J connectivity index is 2.50. The van der Waals surface area contributed by atoms with Gasteiger partial charge < -0.3 is 15.2 Å². The maximum atomic E-state index is 12.0. The Kier molecular flexibility index (Phi) is 8.07. The van der Waals surface area contributed by atoms with Crippen LogP contribution in [0.5, 0.6) is 0 Å². The molecule has 1 heterocycles. The monoisotopic (exact) mass is 312 g/mol. The number of hydrogen-bond acceptors (Lipinski definition) is 5. The molecule has 0 aliphatic carbocycles. The molecule has 6 nitrogen and oxygen atoms in total. The van der Waals surface area contributed by atoms with E-state index in [2.05, 4.69) is 34.0 Å². The zero-order chi connectivity index (χ0) is 15.7. The molecule has 0 unspecified atom stereocenters. The summed E-state index contributed by atoms with van der Waals surface area (Å²) in [6.45, 7) is 7.80. The van der Waals surface area contributed by atoms with Crippen LogP contribution in [0.15, 0.2) is 10.9 Å². The number of nitrogens with zero attached hydrogens (tertiary/aromatic N) is 2. The van der Waals surface area contributed by atoms with Crippen molar-refractivity contribution in [2.24, 2.45) is 0 Å². The molecule has 0 radical (unpaired) electrons. The number of aromatic amines is 1. The van der Waals surface area contributed by atoms with Crippen LogP contribution in [-0.4, -0.2) is 53.2 Å². The summed E-state index contributed by atoms with van der Waals surface area (Å²) in [4.78, 5) is 32.6. The lowest BCUT2D eigenvalue weighted by atomic mass is 10.3. The number of thioether (sulfide) groups is 1. The van der Waals surface area contributed by atoms with Crippen molar-refractivity contribution >= 4 is 17.7 Å². The Hall–Kier alpha value is -1.34. The van der Waals surface area contributed by atoms with E-state index >= 15 is 0 Å². The Labute approximate surface area is 129 Å². The lowest BCUT2D eigenvalue weighted by Crippen LogP contribution is -2.31. The van der Waals surface area contributed by atoms with E-state index in [9.17, 15) is 9.59 Å². The van der Waals surface area contributed by atoms with Crippen molar-refractivity contribution in [2.75, 3.05) is 32.4 Å². The molecule has 0 bridgehead atoms. The van der Waals surface area contributed by atoms with Gasteiger partial charge in [0.15, 0.2) is 0 Å². The lowest BCUT2D eigenvalue weighted by molar-refractivity contribution is 0.0946. The molecule has 0 aliphatic rings. The fourth-order valence-electron chi connectivity index (χ4n) is 1.96. The van der Waals surface area contributed by atoms with E-state index in [4.69, 9.17) is 0 Å². The van der Waals surface area contributed by atoms with Crippen molar-refractivity contribution in [1.29, 1.82) is 0 Å². The van der Waals surface area contributed by atoms with E-state index in [-0.39, 0.29) is 17.2 Å². The molecule has 21 heavy (non-hydrogen) atoms. The van der Waals surface area contributed by atoms with Crippen LogP contribution in [0.1, 0.15) is 36.6 Å². The van der Waals surface area contributed by atoms with Gasteiger partial charge in [-0.1, -0.05) is 13.8 Å². The van der Waals surface area contributed by atoms with Crippen LogP contribution in [0.25, 0.3) is 0 Å². The van der Waals surface area contributed by atoms with Gasteiger partial charge in [-0.15, -0.1) is 0 Å². The first-order chi connectivity index (χ1) is 10.1. The third kappa shape index (κ3) is 6.31. The summed E-state index contributed by atoms with van der Waals surface area (Å²) < 4.78 is 0. The van der Waals surface area contributed by atoms with Crippen molar-refractivity contribution in [1.82, 2.24) is 20.2 Å². The zero-order valence-corrected chi connectivity index (χ0v) is 13.8. The van der Waals surface area contributed by atoms with Gasteiger partial charge in [0.2, 0.25) is 0 Å². The highest BCUT2D eigenvalue weighted by Gasteiger charge is 2.09. The first-order valence-electron chi connectivity index (χ1n) is 7.20. The molecule has 0 atom stereocenters. The summed E-state index contributed by atoms with van der Waals surface area (Å²) in [5.74, 6) is 0.824. The van der Waals surface area contributed by atoms with Gasteiger partial charge in [-0.3, -0.25) is 9.59 Å². The molecule has 1 rings (SSSR count). The molecule has 118 valence electrons. The third-order valence-corrected chi connectivity index (χ3v) is 3.70. The molecule has 0 saturated heterocycles. The predicted molar refractivity (Wildman–Crippen MR) is 86.8 cm³/mol. The van der Waals surface area contributed by atoms with Gasteiger partial charge in [0.25, 0.3) is 11.5 Å². The molecule has 1 aromatic rings. The number of carbonyl (C=O) groups is 1. The summed E-state index contributed by atoms with van der Waals surface area (Å²) in [5.41, 5.74) is -0.104. The summed E-state index contributed by atoms with van der Waals surface area (Å²) in [6.07, 6.45) is 2.80. The quantitative estimate of drug-likeness (QED) is 0.668. The van der Waals surface area contributed by atoms with Crippen molar-refractivity contribution in [3.63, 3.8) is 0 Å². The summed E-state index contributed by atoms with van der Waals surface area (Å²) in [5, 5.41) is 2.81. The molecule has 0 aromatic carbocycles. The number of rotatable bonds is 9. The molecule has 0 aliphatic heterocycles. The lowest BCUT2D eigenvalue weighted by Gasteiger charge is -2.17. The standard InChI is InChI=1S/C14H24N4O2S/c1-4-18(5-2)8-6-7-15-14(20)11-9-13(19)17-12(16-11)10-21-3/h9H,4-8,10H2,1-3H3,(H,15,20)(H,16,17,19). The molecule has 2 N–H and O–H groups in total. The molecule has 0 saturated carbocycles. The first kappa shape index (κ1) is 17.7. The average Bonchev–Trinajstić information content (AvgIpc) is 2.47. The normalized spacial score (nSPS) is 10.9. The highest BCUT2D eigenvalue weighted by atomic mass is 32.2. The fourth-order valence-corrected chi connectivity index (χ4v) is 2.37. The van der Waals surface area contributed by atoms with E-state index in [1.165, 1.54) is 6.07 Å². The van der Waals surface area contributed by atoms with E-state index < -0.39 is 0 Å². The maximum Gasteiger partial charge on any atom is 0.270 e. The van der Waals surface area contributed by atoms with Crippen LogP contribution in [0.2, 0.25) is 0 Å². The van der Waals surface area contributed by atoms with Crippen molar-refractivity contribution in [3.8, 4) is 0 Å². The van der Waals surface area contributed by atoms with Crippen LogP contribution >= 0.6 is 11.8 Å². The van der Waals surface area contributed by atoms with Gasteiger partial charge >= 0.3 is 0 Å². The molecule has 7 heteroatoms. The second-order valence-electron chi connectivity index (χ2n) is 4.65. The second-order valence-corrected chi connectivity index (χ2v) is 5.51. The minimum Gasteiger partial charge on any atom is -0.351 e. The van der Waals surface area contributed by atoms with Crippen LogP contribution < -0.4 is 10.9 Å². The van der Waals surface area contributed by atoms with Crippen LogP contribution in [-0.2, 0) is 5.75 Å². The predicted octanol–water partition coefficient (Wildman–Crippen LogP) is 1.09. The van der Waals surface area contributed by atoms with E-state index in [1.54, 1.807) is 11.8 Å². The van der Waals surface area contributed by atoms with Crippen molar-refractivity contribution < 1.29 is 4.79 Å². The van der Waals surface area contributed by atoms with Gasteiger partial charge in [0.05, 0.1) is 5.75 Å². The third-order valence-electron chi connectivity index (χ3n) is 3.14. The molecule has 1 aromatic heterocycles. The SMILES string of the molecule is CCN(CC)CCCNC(=O)c1cc(=O)[nH]c(CSC)n1. The first-order valence-corrected chi connectivity index (χ1v) is 8.59. The van der Waals surface area contributed by atoms with Gasteiger partial charge in [-0.2, -0.15) is 11.8 Å². The van der Waals surface area contributed by atoms with Gasteiger partial charge in [0.1, 0.15) is 11.5 Å². The minimum absolute atomic E-state index is 0.186. The Morgan fingerprint density at radius 3 is 2.76 bits per heavy atom. The smallest absolute Gasteiger partial charge is 0.270 e. The molecular formula is C14H24N4O2S. The van der Waals surface area contributed by atoms with Crippen LogP contribution in [0, 0.1) is 0 Å². The number of nitrogens with one attached hydrogen (secondary N) is 2. The Morgan fingerprint density at radius 2 is 2.14 bits per heavy atom. The van der Waals surface area contributed by atoms with E-state index in [1.807, 2.05) is 6.26 Å². The number of H-pyrrole nitrogens is 1. The number of carbonyl (C=O) groups excluding carboxylic acids is 1. The topological polar surface area (TPSA) is 78.1 Å². The van der Waals surface area contributed by atoms with Gasteiger partial charge in [-0.05, 0) is 32.3 Å². The van der Waals surface area contributed by atoms with Crippen molar-refractivity contribution in [2.45, 2.75) is 26.0 Å². The minimum atomic E-state index is -0.289. The van der Waals surface area contributed by atoms with Gasteiger partial charge in [-0.25, -0.2) is 4.98 Å². The maximum absolute atomic E-state index is 12.0. The van der Waals surface area contributed by atoms with Crippen molar-refractivity contribution in [3.05, 3.63) is 27.9 Å². The molecular weight excluding hydrogens is 288 g/mol. The Morgan fingerprint density at radius 1 is 1.43 bits per heavy atom. The largest absolute Gasteiger partial charge is 0.351 e.